The highest BCUT2D eigenvalue weighted by Crippen LogP contribution is 2.27. The summed E-state index contributed by atoms with van der Waals surface area (Å²) < 4.78 is 0. The second-order valence-electron chi connectivity index (χ2n) is 8.37. The first-order valence-corrected chi connectivity index (χ1v) is 11.4. The van der Waals surface area contributed by atoms with E-state index in [2.05, 4.69) is 34.1 Å². The van der Waals surface area contributed by atoms with Gasteiger partial charge in [-0.05, 0) is 43.2 Å². The predicted molar refractivity (Wildman–Crippen MR) is 116 cm³/mol. The van der Waals surface area contributed by atoms with Crippen LogP contribution < -0.4 is 5.73 Å². The lowest BCUT2D eigenvalue weighted by Gasteiger charge is -2.36. The molecule has 0 saturated carbocycles. The van der Waals surface area contributed by atoms with Crippen LogP contribution in [0, 0.1) is 0 Å². The van der Waals surface area contributed by atoms with Crippen molar-refractivity contribution in [1.82, 2.24) is 14.8 Å². The summed E-state index contributed by atoms with van der Waals surface area (Å²) in [4.78, 5) is 21.2. The summed E-state index contributed by atoms with van der Waals surface area (Å²) in [5.41, 5.74) is 8.63. The molecule has 1 aromatic heterocycles. The zero-order chi connectivity index (χ0) is 20.3. The number of nitrogens with zero attached hydrogens (tertiary/aromatic N) is 3. The summed E-state index contributed by atoms with van der Waals surface area (Å²) in [7, 11) is 0. The molecule has 6 nitrogen and oxygen atoms in total. The van der Waals surface area contributed by atoms with Gasteiger partial charge < -0.3 is 15.7 Å². The number of aromatic nitrogens is 1. The van der Waals surface area contributed by atoms with E-state index in [1.165, 1.54) is 22.5 Å². The molecule has 1 unspecified atom stereocenters. The topological polar surface area (TPSA) is 82.7 Å². The van der Waals surface area contributed by atoms with E-state index in [0.717, 1.165) is 44.6 Å². The number of carbonyl (C=O) groups excluding carboxylic acids is 1. The van der Waals surface area contributed by atoms with Gasteiger partial charge >= 0.3 is 0 Å². The minimum atomic E-state index is -0.718. The lowest BCUT2D eigenvalue weighted by Crippen LogP contribution is -2.45. The lowest BCUT2D eigenvalue weighted by atomic mass is 9.92. The van der Waals surface area contributed by atoms with Gasteiger partial charge in [-0.3, -0.25) is 9.69 Å². The minimum Gasteiger partial charge on any atom is -0.388 e. The number of anilines is 1. The van der Waals surface area contributed by atoms with Crippen LogP contribution in [-0.4, -0.2) is 57.6 Å². The van der Waals surface area contributed by atoms with Gasteiger partial charge in [0.1, 0.15) is 0 Å². The Labute approximate surface area is 176 Å². The standard InChI is InChI=1S/C22H30N4O2S/c23-21-24-19(15-29-21)6-7-20(27)26-11-3-9-22(28,10-13-26)16-25-12-8-17-4-1-2-5-18(17)14-25/h1-2,4-5,15,28H,3,6-14,16H2,(H2,23,24). The monoisotopic (exact) mass is 414 g/mol. The molecular formula is C22H30N4O2S. The third-order valence-corrected chi connectivity index (χ3v) is 6.88. The van der Waals surface area contributed by atoms with Crippen molar-refractivity contribution in [2.45, 2.75) is 50.7 Å². The van der Waals surface area contributed by atoms with Gasteiger partial charge in [0, 0.05) is 44.5 Å². The van der Waals surface area contributed by atoms with Gasteiger partial charge in [-0.15, -0.1) is 11.3 Å². The predicted octanol–water partition coefficient (Wildman–Crippen LogP) is 2.46. The second kappa shape index (κ2) is 8.81. The van der Waals surface area contributed by atoms with Crippen LogP contribution in [0.25, 0.3) is 0 Å². The van der Waals surface area contributed by atoms with Crippen molar-refractivity contribution in [2.24, 2.45) is 0 Å². The third-order valence-electron chi connectivity index (χ3n) is 6.16. The van der Waals surface area contributed by atoms with Crippen molar-refractivity contribution >= 4 is 22.4 Å². The maximum atomic E-state index is 12.6. The fraction of sp³-hybridized carbons (Fsp3) is 0.545. The van der Waals surface area contributed by atoms with E-state index in [9.17, 15) is 9.90 Å². The van der Waals surface area contributed by atoms with Gasteiger partial charge in [-0.1, -0.05) is 24.3 Å². The number of thiazole rings is 1. The summed E-state index contributed by atoms with van der Waals surface area (Å²) in [6, 6.07) is 8.58. The van der Waals surface area contributed by atoms with E-state index in [0.29, 0.717) is 37.5 Å². The maximum absolute atomic E-state index is 12.6. The molecule has 2 aromatic rings. The molecule has 29 heavy (non-hydrogen) atoms. The van der Waals surface area contributed by atoms with E-state index in [-0.39, 0.29) is 5.91 Å². The molecule has 4 rings (SSSR count). The van der Waals surface area contributed by atoms with Gasteiger partial charge in [0.15, 0.2) is 5.13 Å². The number of fused-ring (bicyclic) bond motifs is 1. The average Bonchev–Trinajstić information content (AvgIpc) is 3.03. The third kappa shape index (κ3) is 5.15. The average molecular weight is 415 g/mol. The number of carbonyl (C=O) groups is 1. The molecule has 1 aromatic carbocycles. The van der Waals surface area contributed by atoms with E-state index >= 15 is 0 Å². The SMILES string of the molecule is Nc1nc(CCC(=O)N2CCCC(O)(CN3CCc4ccccc4C3)CC2)cs1. The highest BCUT2D eigenvalue weighted by molar-refractivity contribution is 7.13. The Kier molecular flexibility index (Phi) is 6.18. The van der Waals surface area contributed by atoms with E-state index < -0.39 is 5.60 Å². The maximum Gasteiger partial charge on any atom is 0.222 e. The molecule has 1 atom stereocenters. The minimum absolute atomic E-state index is 0.146. The van der Waals surface area contributed by atoms with E-state index in [1.54, 1.807) is 0 Å². The summed E-state index contributed by atoms with van der Waals surface area (Å²) in [5.74, 6) is 0.146. The molecule has 1 amide bonds. The fourth-order valence-corrected chi connectivity index (χ4v) is 5.12. The molecule has 7 heteroatoms. The molecule has 0 aliphatic carbocycles. The van der Waals surface area contributed by atoms with Crippen LogP contribution in [0.2, 0.25) is 0 Å². The number of amides is 1. The zero-order valence-electron chi connectivity index (χ0n) is 16.8. The number of aryl methyl sites for hydroxylation is 1. The van der Waals surface area contributed by atoms with Crippen LogP contribution in [0.1, 0.15) is 42.5 Å². The molecule has 2 aliphatic rings. The number of hydrogen-bond acceptors (Lipinski definition) is 6. The van der Waals surface area contributed by atoms with Crippen LogP contribution in [-0.2, 0) is 24.2 Å². The number of nitrogens with two attached hydrogens (primary N) is 1. The van der Waals surface area contributed by atoms with Crippen molar-refractivity contribution in [1.29, 1.82) is 0 Å². The van der Waals surface area contributed by atoms with Gasteiger partial charge in [0.2, 0.25) is 5.91 Å². The number of nitrogen functional groups attached to an aromatic ring is 1. The van der Waals surface area contributed by atoms with Crippen molar-refractivity contribution in [3.05, 3.63) is 46.5 Å². The van der Waals surface area contributed by atoms with Gasteiger partial charge in [0.25, 0.3) is 0 Å². The van der Waals surface area contributed by atoms with Gasteiger partial charge in [0.05, 0.1) is 11.3 Å². The molecule has 2 aliphatic heterocycles. The van der Waals surface area contributed by atoms with Crippen molar-refractivity contribution < 1.29 is 9.90 Å². The number of likely N-dealkylation sites (tertiary alicyclic amines) is 1. The summed E-state index contributed by atoms with van der Waals surface area (Å²) >= 11 is 1.41. The molecule has 0 bridgehead atoms. The molecule has 3 N–H and O–H groups in total. The summed E-state index contributed by atoms with van der Waals surface area (Å²) in [6.45, 7) is 3.92. The molecule has 0 spiro atoms. The molecule has 156 valence electrons. The van der Waals surface area contributed by atoms with Gasteiger partial charge in [-0.25, -0.2) is 4.98 Å². The zero-order valence-corrected chi connectivity index (χ0v) is 17.7. The highest BCUT2D eigenvalue weighted by Gasteiger charge is 2.34. The second-order valence-corrected chi connectivity index (χ2v) is 9.25. The molecular weight excluding hydrogens is 384 g/mol. The first-order chi connectivity index (χ1) is 14.0. The van der Waals surface area contributed by atoms with Crippen LogP contribution in [0.4, 0.5) is 5.13 Å². The van der Waals surface area contributed by atoms with E-state index in [4.69, 9.17) is 5.73 Å². The lowest BCUT2D eigenvalue weighted by molar-refractivity contribution is -0.131. The Hall–Kier alpha value is -1.96. The fourth-order valence-electron chi connectivity index (χ4n) is 4.52. The summed E-state index contributed by atoms with van der Waals surface area (Å²) in [5, 5.41) is 13.7. The number of benzene rings is 1. The first kappa shape index (κ1) is 20.3. The highest BCUT2D eigenvalue weighted by atomic mass is 32.1. The van der Waals surface area contributed by atoms with Crippen LogP contribution >= 0.6 is 11.3 Å². The van der Waals surface area contributed by atoms with Crippen molar-refractivity contribution in [3.8, 4) is 0 Å². The molecule has 0 radical (unpaired) electrons. The Morgan fingerprint density at radius 3 is 2.83 bits per heavy atom. The molecule has 1 saturated heterocycles. The number of rotatable bonds is 5. The first-order valence-electron chi connectivity index (χ1n) is 10.5. The van der Waals surface area contributed by atoms with Crippen LogP contribution in [0.5, 0.6) is 0 Å². The molecule has 1 fully saturated rings. The van der Waals surface area contributed by atoms with Crippen molar-refractivity contribution in [2.75, 3.05) is 31.9 Å². The number of β-amino-alcohol motifs (C(OH)–C–C–N with tert-alkyl or cyclic N) is 1. The number of hydrogen-bond donors (Lipinski definition) is 2. The quantitative estimate of drug-likeness (QED) is 0.785. The summed E-state index contributed by atoms with van der Waals surface area (Å²) in [6.07, 6.45) is 4.34. The smallest absolute Gasteiger partial charge is 0.222 e. The Bertz CT molecular complexity index is 855. The normalized spacial score (nSPS) is 22.9. The Balaban J connectivity index is 1.29. The van der Waals surface area contributed by atoms with Crippen LogP contribution in [0.15, 0.2) is 29.6 Å². The Morgan fingerprint density at radius 1 is 1.21 bits per heavy atom. The van der Waals surface area contributed by atoms with E-state index in [1.807, 2.05) is 10.3 Å². The largest absolute Gasteiger partial charge is 0.388 e. The molecule has 3 heterocycles. The Morgan fingerprint density at radius 2 is 2.03 bits per heavy atom. The number of aliphatic hydroxyl groups is 1. The van der Waals surface area contributed by atoms with Crippen LogP contribution in [0.3, 0.4) is 0 Å². The van der Waals surface area contributed by atoms with Crippen molar-refractivity contribution in [3.63, 3.8) is 0 Å². The van der Waals surface area contributed by atoms with Gasteiger partial charge in [-0.2, -0.15) is 0 Å².